The van der Waals surface area contributed by atoms with Crippen LogP contribution in [-0.2, 0) is 9.53 Å². The molecule has 21 heavy (non-hydrogen) atoms. The summed E-state index contributed by atoms with van der Waals surface area (Å²) in [6.07, 6.45) is 3.45. The first kappa shape index (κ1) is 16.5. The highest BCUT2D eigenvalue weighted by Crippen LogP contribution is 2.36. The summed E-state index contributed by atoms with van der Waals surface area (Å²) < 4.78 is 5.87. The first-order valence-corrected chi connectivity index (χ1v) is 8.80. The van der Waals surface area contributed by atoms with Gasteiger partial charge in [0.25, 0.3) is 0 Å². The zero-order valence-electron chi connectivity index (χ0n) is 13.1. The summed E-state index contributed by atoms with van der Waals surface area (Å²) in [5, 5.41) is 0. The molecule has 4 atom stereocenters. The summed E-state index contributed by atoms with van der Waals surface area (Å²) in [4.78, 5) is 12.0. The molecule has 1 aromatic carbocycles. The van der Waals surface area contributed by atoms with Crippen LogP contribution in [0.4, 0.5) is 0 Å². The van der Waals surface area contributed by atoms with Gasteiger partial charge in [0.05, 0.1) is 0 Å². The van der Waals surface area contributed by atoms with Gasteiger partial charge in [-0.25, -0.2) is 0 Å². The average Bonchev–Trinajstić information content (AvgIpc) is 2.47. The number of ether oxygens (including phenoxy) is 1. The molecule has 0 N–H and O–H groups in total. The Bertz CT molecular complexity index is 458. The Morgan fingerprint density at radius 3 is 2.52 bits per heavy atom. The Labute approximate surface area is 136 Å². The van der Waals surface area contributed by atoms with Crippen LogP contribution in [0.3, 0.4) is 0 Å². The minimum Gasteiger partial charge on any atom is -0.461 e. The van der Waals surface area contributed by atoms with Gasteiger partial charge in [0.15, 0.2) is 0 Å². The summed E-state index contributed by atoms with van der Waals surface area (Å²) in [5.41, 5.74) is 0.951. The molecule has 116 valence electrons. The van der Waals surface area contributed by atoms with Crippen LogP contribution in [0.1, 0.15) is 50.4 Å². The molecule has 1 aromatic rings. The van der Waals surface area contributed by atoms with Gasteiger partial charge in [-0.05, 0) is 36.2 Å². The maximum atomic E-state index is 12.4. The van der Waals surface area contributed by atoms with E-state index in [9.17, 15) is 4.79 Å². The van der Waals surface area contributed by atoms with Crippen molar-refractivity contribution in [2.75, 3.05) is 0 Å². The zero-order valence-corrected chi connectivity index (χ0v) is 14.7. The third-order valence-corrected chi connectivity index (χ3v) is 5.43. The van der Waals surface area contributed by atoms with E-state index in [0.717, 1.165) is 18.4 Å². The number of hydrogen-bond donors (Lipinski definition) is 0. The molecular weight excluding hydrogens is 328 g/mol. The topological polar surface area (TPSA) is 26.3 Å². The minimum absolute atomic E-state index is 0.0602. The van der Waals surface area contributed by atoms with Gasteiger partial charge < -0.3 is 4.74 Å². The molecule has 0 aliphatic heterocycles. The van der Waals surface area contributed by atoms with Gasteiger partial charge in [-0.2, -0.15) is 0 Å². The highest BCUT2D eigenvalue weighted by Gasteiger charge is 2.34. The fraction of sp³-hybridized carbons (Fsp3) is 0.611. The lowest BCUT2D eigenvalue weighted by molar-refractivity contribution is -0.155. The van der Waals surface area contributed by atoms with E-state index in [1.165, 1.54) is 6.42 Å². The van der Waals surface area contributed by atoms with Gasteiger partial charge in [-0.3, -0.25) is 4.79 Å². The third kappa shape index (κ3) is 4.32. The molecule has 0 saturated heterocycles. The fourth-order valence-electron chi connectivity index (χ4n) is 3.22. The summed E-state index contributed by atoms with van der Waals surface area (Å²) >= 11 is 3.48. The zero-order chi connectivity index (χ0) is 15.4. The molecule has 0 heterocycles. The van der Waals surface area contributed by atoms with Gasteiger partial charge in [-0.15, -0.1) is 0 Å². The fourth-order valence-corrected chi connectivity index (χ4v) is 3.63. The molecule has 1 saturated carbocycles. The molecule has 0 amide bonds. The van der Waals surface area contributed by atoms with Gasteiger partial charge in [0, 0.05) is 0 Å². The van der Waals surface area contributed by atoms with E-state index in [4.69, 9.17) is 4.74 Å². The lowest BCUT2D eigenvalue weighted by Gasteiger charge is -2.37. The van der Waals surface area contributed by atoms with E-state index < -0.39 is 0 Å². The van der Waals surface area contributed by atoms with Crippen LogP contribution in [0.5, 0.6) is 0 Å². The predicted molar refractivity (Wildman–Crippen MR) is 89.3 cm³/mol. The number of carbonyl (C=O) groups excluding carboxylic acids is 1. The molecule has 0 radical (unpaired) electrons. The molecule has 2 rings (SSSR count). The lowest BCUT2D eigenvalue weighted by Crippen LogP contribution is -2.36. The first-order chi connectivity index (χ1) is 9.99. The summed E-state index contributed by atoms with van der Waals surface area (Å²) in [6.45, 7) is 6.70. The quantitative estimate of drug-likeness (QED) is 0.554. The van der Waals surface area contributed by atoms with E-state index >= 15 is 0 Å². The Balaban J connectivity index is 2.02. The van der Waals surface area contributed by atoms with Crippen molar-refractivity contribution in [1.82, 2.24) is 0 Å². The second-order valence-electron chi connectivity index (χ2n) is 6.57. The molecule has 1 fully saturated rings. The Morgan fingerprint density at radius 2 is 1.90 bits per heavy atom. The maximum Gasteiger partial charge on any atom is 0.324 e. The van der Waals surface area contributed by atoms with E-state index in [1.807, 2.05) is 30.3 Å². The van der Waals surface area contributed by atoms with E-state index in [0.29, 0.717) is 17.8 Å². The van der Waals surface area contributed by atoms with Crippen molar-refractivity contribution in [3.63, 3.8) is 0 Å². The predicted octanol–water partition coefficient (Wildman–Crippen LogP) is 5.13. The molecule has 0 bridgehead atoms. The minimum atomic E-state index is -0.372. The van der Waals surface area contributed by atoms with Crippen molar-refractivity contribution in [1.29, 1.82) is 0 Å². The average molecular weight is 353 g/mol. The largest absolute Gasteiger partial charge is 0.461 e. The Hall–Kier alpha value is -0.830. The lowest BCUT2D eigenvalue weighted by atomic mass is 9.75. The molecular formula is C18H25BrO2. The van der Waals surface area contributed by atoms with Crippen LogP contribution < -0.4 is 0 Å². The van der Waals surface area contributed by atoms with Gasteiger partial charge >= 0.3 is 5.97 Å². The monoisotopic (exact) mass is 352 g/mol. The van der Waals surface area contributed by atoms with Crippen LogP contribution >= 0.6 is 15.9 Å². The third-order valence-electron chi connectivity index (χ3n) is 4.53. The molecule has 0 spiro atoms. The van der Waals surface area contributed by atoms with E-state index in [-0.39, 0.29) is 16.9 Å². The summed E-state index contributed by atoms with van der Waals surface area (Å²) in [6, 6.07) is 9.73. The number of esters is 1. The highest BCUT2D eigenvalue weighted by atomic mass is 79.9. The van der Waals surface area contributed by atoms with E-state index in [1.54, 1.807) is 0 Å². The standard InChI is InChI=1S/C18H25BrO2/c1-12(2)15-10-9-13(3)11-16(15)21-18(20)17(19)14-7-5-4-6-8-14/h4-8,12-13,15-17H,9-11H2,1-3H3/t13-,15+,16-,17-/m1/s1. The molecule has 1 aliphatic rings. The number of benzene rings is 1. The first-order valence-electron chi connectivity index (χ1n) is 7.88. The Kier molecular flexibility index (Phi) is 5.86. The van der Waals surface area contributed by atoms with Crippen molar-refractivity contribution >= 4 is 21.9 Å². The smallest absolute Gasteiger partial charge is 0.324 e. The number of alkyl halides is 1. The van der Waals surface area contributed by atoms with Crippen molar-refractivity contribution in [2.24, 2.45) is 17.8 Å². The van der Waals surface area contributed by atoms with Crippen LogP contribution in [0, 0.1) is 17.8 Å². The molecule has 1 aliphatic carbocycles. The number of hydrogen-bond acceptors (Lipinski definition) is 2. The summed E-state index contributed by atoms with van der Waals surface area (Å²) in [7, 11) is 0. The van der Waals surface area contributed by atoms with Gasteiger partial charge in [0.1, 0.15) is 10.9 Å². The highest BCUT2D eigenvalue weighted by molar-refractivity contribution is 9.09. The maximum absolute atomic E-state index is 12.4. The summed E-state index contributed by atoms with van der Waals surface area (Å²) in [5.74, 6) is 1.52. The number of carbonyl (C=O) groups is 1. The molecule has 3 heteroatoms. The van der Waals surface area contributed by atoms with Crippen LogP contribution in [0.15, 0.2) is 30.3 Å². The molecule has 0 unspecified atom stereocenters. The van der Waals surface area contributed by atoms with Crippen molar-refractivity contribution in [3.05, 3.63) is 35.9 Å². The molecule has 2 nitrogen and oxygen atoms in total. The van der Waals surface area contributed by atoms with Gasteiger partial charge in [-0.1, -0.05) is 73.5 Å². The second kappa shape index (κ2) is 7.44. The van der Waals surface area contributed by atoms with E-state index in [2.05, 4.69) is 36.7 Å². The molecule has 0 aromatic heterocycles. The number of halogens is 1. The normalized spacial score (nSPS) is 27.4. The van der Waals surface area contributed by atoms with Gasteiger partial charge in [0.2, 0.25) is 0 Å². The van der Waals surface area contributed by atoms with Crippen molar-refractivity contribution in [2.45, 2.75) is 51.0 Å². The van der Waals surface area contributed by atoms with Crippen LogP contribution in [-0.4, -0.2) is 12.1 Å². The SMILES string of the molecule is CC(C)[C@@H]1CC[C@@H](C)C[C@H]1OC(=O)[C@H](Br)c1ccccc1. The van der Waals surface area contributed by atoms with Crippen molar-refractivity contribution in [3.8, 4) is 0 Å². The Morgan fingerprint density at radius 1 is 1.24 bits per heavy atom. The van der Waals surface area contributed by atoms with Crippen LogP contribution in [0.25, 0.3) is 0 Å². The van der Waals surface area contributed by atoms with Crippen molar-refractivity contribution < 1.29 is 9.53 Å². The number of rotatable bonds is 4. The second-order valence-corrected chi connectivity index (χ2v) is 7.49. The van der Waals surface area contributed by atoms with Crippen LogP contribution in [0.2, 0.25) is 0 Å².